The summed E-state index contributed by atoms with van der Waals surface area (Å²) >= 11 is 1.70. The molecule has 2 aromatic heterocycles. The van der Waals surface area contributed by atoms with Crippen molar-refractivity contribution >= 4 is 22.3 Å². The van der Waals surface area contributed by atoms with Crippen molar-refractivity contribution in [3.8, 4) is 0 Å². The van der Waals surface area contributed by atoms with Crippen molar-refractivity contribution in [2.24, 2.45) is 7.05 Å². The van der Waals surface area contributed by atoms with Crippen LogP contribution in [0, 0.1) is 6.92 Å². The largest absolute Gasteiger partial charge is 0.342 e. The first-order valence-electron chi connectivity index (χ1n) is 4.84. The molecule has 0 spiro atoms. The molecule has 1 N–H and O–H groups in total. The van der Waals surface area contributed by atoms with Gasteiger partial charge >= 0.3 is 10.9 Å². The fourth-order valence-electron chi connectivity index (χ4n) is 1.74. The van der Waals surface area contributed by atoms with Crippen LogP contribution in [-0.2, 0) is 13.6 Å². The zero-order valence-electron chi connectivity index (χ0n) is 8.69. The molecule has 5 heteroatoms. The van der Waals surface area contributed by atoms with E-state index in [9.17, 15) is 0 Å². The fraction of sp³-hybridized carbons (Fsp3) is 0.300. The summed E-state index contributed by atoms with van der Waals surface area (Å²) in [6, 6.07) is 0. The second-order valence-corrected chi connectivity index (χ2v) is 4.63. The van der Waals surface area contributed by atoms with Gasteiger partial charge in [0.25, 0.3) is 5.82 Å². The number of hydrogen-bond donors (Lipinski definition) is 1. The van der Waals surface area contributed by atoms with Crippen molar-refractivity contribution in [3.63, 3.8) is 0 Å². The first-order valence-corrected chi connectivity index (χ1v) is 5.72. The van der Waals surface area contributed by atoms with Gasteiger partial charge < -0.3 is 0 Å². The number of anilines is 2. The normalized spacial score (nSPS) is 12.9. The van der Waals surface area contributed by atoms with Crippen LogP contribution >= 0.6 is 11.3 Å². The highest BCUT2D eigenvalue weighted by Gasteiger charge is 2.28. The molecule has 1 aliphatic rings. The predicted octanol–water partition coefficient (Wildman–Crippen LogP) is 0.669. The van der Waals surface area contributed by atoms with Crippen LogP contribution in [0.1, 0.15) is 11.4 Å². The Morgan fingerprint density at radius 3 is 3.27 bits per heavy atom. The maximum absolute atomic E-state index is 4.54. The minimum Gasteiger partial charge on any atom is -0.237 e. The van der Waals surface area contributed by atoms with Crippen molar-refractivity contribution in [2.45, 2.75) is 13.5 Å². The van der Waals surface area contributed by atoms with E-state index in [1.807, 2.05) is 14.0 Å². The van der Waals surface area contributed by atoms with E-state index < -0.39 is 0 Å². The lowest BCUT2D eigenvalue weighted by molar-refractivity contribution is -0.690. The SMILES string of the molecule is Cc1nc2c(c[n+]1C)C[n+]1ccsc1N2. The second-order valence-electron chi connectivity index (χ2n) is 3.73. The third kappa shape index (κ3) is 1.31. The zero-order chi connectivity index (χ0) is 10.4. The number of hydrogen-bond acceptors (Lipinski definition) is 3. The molecule has 0 saturated heterocycles. The van der Waals surface area contributed by atoms with Crippen molar-refractivity contribution in [1.29, 1.82) is 0 Å². The number of nitrogens with one attached hydrogen (secondary N) is 1. The highest BCUT2D eigenvalue weighted by molar-refractivity contribution is 7.13. The number of fused-ring (bicyclic) bond motifs is 2. The summed E-state index contributed by atoms with van der Waals surface area (Å²) in [6.45, 7) is 2.92. The topological polar surface area (TPSA) is 32.7 Å². The number of nitrogens with zero attached hydrogens (tertiary/aromatic N) is 3. The number of aromatic nitrogens is 3. The molecule has 1 aliphatic heterocycles. The van der Waals surface area contributed by atoms with Crippen LogP contribution in [0.2, 0.25) is 0 Å². The van der Waals surface area contributed by atoms with Crippen LogP contribution in [0.3, 0.4) is 0 Å². The molecule has 0 fully saturated rings. The lowest BCUT2D eigenvalue weighted by Crippen LogP contribution is -2.42. The van der Waals surface area contributed by atoms with Gasteiger partial charge in [-0.05, 0) is 4.98 Å². The Bertz CT molecular complexity index is 487. The van der Waals surface area contributed by atoms with Crippen molar-refractivity contribution in [1.82, 2.24) is 4.98 Å². The summed E-state index contributed by atoms with van der Waals surface area (Å²) in [5.41, 5.74) is 1.24. The molecule has 3 rings (SSSR count). The summed E-state index contributed by atoms with van der Waals surface area (Å²) in [6.07, 6.45) is 4.23. The summed E-state index contributed by atoms with van der Waals surface area (Å²) in [5, 5.41) is 6.59. The average molecular weight is 220 g/mol. The van der Waals surface area contributed by atoms with Crippen molar-refractivity contribution in [3.05, 3.63) is 29.2 Å². The van der Waals surface area contributed by atoms with Crippen LogP contribution in [0.25, 0.3) is 0 Å². The van der Waals surface area contributed by atoms with Gasteiger partial charge in [0.05, 0.1) is 7.05 Å². The first-order chi connectivity index (χ1) is 7.24. The van der Waals surface area contributed by atoms with Crippen LogP contribution < -0.4 is 14.5 Å². The van der Waals surface area contributed by atoms with E-state index in [-0.39, 0.29) is 0 Å². The third-order valence-electron chi connectivity index (χ3n) is 2.69. The molecule has 3 heterocycles. The number of aryl methyl sites for hydroxylation is 2. The molecule has 0 bridgehead atoms. The average Bonchev–Trinajstić information content (AvgIpc) is 2.63. The molecule has 0 saturated carbocycles. The van der Waals surface area contributed by atoms with Gasteiger partial charge in [-0.1, -0.05) is 11.3 Å². The fourth-order valence-corrected chi connectivity index (χ4v) is 2.49. The van der Waals surface area contributed by atoms with E-state index in [2.05, 4.69) is 37.2 Å². The van der Waals surface area contributed by atoms with Gasteiger partial charge in [0.1, 0.15) is 24.5 Å². The minimum atomic E-state index is 0.905. The van der Waals surface area contributed by atoms with Crippen LogP contribution in [0.4, 0.5) is 10.9 Å². The van der Waals surface area contributed by atoms with Gasteiger partial charge in [-0.3, -0.25) is 0 Å². The summed E-state index contributed by atoms with van der Waals surface area (Å²) < 4.78 is 4.25. The maximum atomic E-state index is 4.54. The molecule has 0 aliphatic carbocycles. The molecule has 0 atom stereocenters. The second kappa shape index (κ2) is 3.00. The van der Waals surface area contributed by atoms with Crippen molar-refractivity contribution < 1.29 is 9.13 Å². The Morgan fingerprint density at radius 1 is 1.53 bits per heavy atom. The van der Waals surface area contributed by atoms with E-state index in [1.165, 1.54) is 5.56 Å². The number of thiazole rings is 1. The summed E-state index contributed by atoms with van der Waals surface area (Å²) in [7, 11) is 2.02. The monoisotopic (exact) mass is 220 g/mol. The molecule has 0 unspecified atom stereocenters. The standard InChI is InChI=1S/C10H11N4S/c1-7-11-9-8(5-13(7)2)6-14-3-4-15-10(14)12-9/h3-5H,6H2,1-2H3/q+1/p+1. The Morgan fingerprint density at radius 2 is 2.40 bits per heavy atom. The first kappa shape index (κ1) is 8.79. The molecule has 2 aromatic rings. The lowest BCUT2D eigenvalue weighted by Gasteiger charge is -2.08. The molecular weight excluding hydrogens is 208 g/mol. The van der Waals surface area contributed by atoms with Gasteiger partial charge in [-0.2, -0.15) is 5.32 Å². The Balaban J connectivity index is 2.13. The summed E-state index contributed by atoms with van der Waals surface area (Å²) in [4.78, 5) is 4.54. The van der Waals surface area contributed by atoms with Crippen LogP contribution in [0.5, 0.6) is 0 Å². The molecule has 15 heavy (non-hydrogen) atoms. The number of rotatable bonds is 0. The molecule has 4 nitrogen and oxygen atoms in total. The smallest absolute Gasteiger partial charge is 0.237 e. The lowest BCUT2D eigenvalue weighted by atomic mass is 10.2. The Labute approximate surface area is 91.8 Å². The van der Waals surface area contributed by atoms with Gasteiger partial charge in [0, 0.05) is 12.3 Å². The van der Waals surface area contributed by atoms with Crippen LogP contribution in [-0.4, -0.2) is 4.98 Å². The maximum Gasteiger partial charge on any atom is 0.342 e. The predicted molar refractivity (Wildman–Crippen MR) is 57.0 cm³/mol. The third-order valence-corrected chi connectivity index (χ3v) is 3.50. The van der Waals surface area contributed by atoms with E-state index >= 15 is 0 Å². The van der Waals surface area contributed by atoms with Gasteiger partial charge in [0.2, 0.25) is 0 Å². The van der Waals surface area contributed by atoms with E-state index in [1.54, 1.807) is 11.3 Å². The molecule has 0 aromatic carbocycles. The van der Waals surface area contributed by atoms with E-state index in [4.69, 9.17) is 0 Å². The van der Waals surface area contributed by atoms with E-state index in [0.29, 0.717) is 0 Å². The van der Waals surface area contributed by atoms with Gasteiger partial charge in [-0.25, -0.2) is 9.13 Å². The highest BCUT2D eigenvalue weighted by Crippen LogP contribution is 2.23. The molecule has 76 valence electrons. The zero-order valence-corrected chi connectivity index (χ0v) is 9.51. The van der Waals surface area contributed by atoms with Crippen LogP contribution in [0.15, 0.2) is 17.8 Å². The molecule has 0 radical (unpaired) electrons. The molecule has 0 amide bonds. The highest BCUT2D eigenvalue weighted by atomic mass is 32.1. The molecular formula is C10H12N4S+2. The van der Waals surface area contributed by atoms with Crippen molar-refractivity contribution in [2.75, 3.05) is 5.32 Å². The van der Waals surface area contributed by atoms with Gasteiger partial charge in [0.15, 0.2) is 0 Å². The quantitative estimate of drug-likeness (QED) is 0.565. The Kier molecular flexibility index (Phi) is 1.76. The van der Waals surface area contributed by atoms with Gasteiger partial charge in [-0.15, -0.1) is 0 Å². The Hall–Kier alpha value is -1.49. The minimum absolute atomic E-state index is 0.905. The summed E-state index contributed by atoms with van der Waals surface area (Å²) in [5.74, 6) is 2.01. The van der Waals surface area contributed by atoms with E-state index in [0.717, 1.165) is 23.3 Å².